The van der Waals surface area contributed by atoms with Gasteiger partial charge < -0.3 is 4.90 Å². The fourth-order valence-electron chi connectivity index (χ4n) is 2.99. The molecule has 0 aliphatic carbocycles. The second-order valence-corrected chi connectivity index (χ2v) is 13.0. The van der Waals surface area contributed by atoms with Crippen LogP contribution in [0.2, 0.25) is 19.6 Å². The van der Waals surface area contributed by atoms with Crippen molar-refractivity contribution in [2.75, 3.05) is 19.6 Å². The van der Waals surface area contributed by atoms with Crippen LogP contribution in [0.1, 0.15) is 36.1 Å². The van der Waals surface area contributed by atoms with Gasteiger partial charge in [-0.1, -0.05) is 32.1 Å². The Kier molecular flexibility index (Phi) is 5.04. The lowest BCUT2D eigenvalue weighted by atomic mass is 10.1. The van der Waals surface area contributed by atoms with Crippen LogP contribution in [0.3, 0.4) is 0 Å². The molecule has 0 radical (unpaired) electrons. The fraction of sp³-hybridized carbons (Fsp3) is 0.733. The van der Waals surface area contributed by atoms with E-state index >= 15 is 0 Å². The topological polar surface area (TPSA) is 3.24 Å². The highest BCUT2D eigenvalue weighted by Gasteiger charge is 2.29. The van der Waals surface area contributed by atoms with Crippen LogP contribution in [-0.4, -0.2) is 32.6 Å². The summed E-state index contributed by atoms with van der Waals surface area (Å²) in [6.45, 7) is 11.5. The Balaban J connectivity index is 1.93. The Hall–Kier alpha value is -0.123. The lowest BCUT2D eigenvalue weighted by Crippen LogP contribution is -2.36. The third-order valence-electron chi connectivity index (χ3n) is 4.11. The summed E-state index contributed by atoms with van der Waals surface area (Å²) in [5.74, 6) is 0. The average molecular weight is 282 g/mol. The molecule has 1 aliphatic heterocycles. The Labute approximate surface area is 117 Å². The number of hydrogen-bond donors (Lipinski definition) is 0. The zero-order chi connectivity index (χ0) is 13.0. The maximum Gasteiger partial charge on any atom is 0.0532 e. The minimum atomic E-state index is -1.09. The molecule has 0 bridgehead atoms. The third-order valence-corrected chi connectivity index (χ3v) is 8.00. The van der Waals surface area contributed by atoms with Crippen LogP contribution in [0, 0.1) is 0 Å². The highest BCUT2D eigenvalue weighted by Crippen LogP contribution is 2.33. The first-order chi connectivity index (χ1) is 8.57. The van der Waals surface area contributed by atoms with E-state index in [0.29, 0.717) is 0 Å². The van der Waals surface area contributed by atoms with E-state index in [-0.39, 0.29) is 0 Å². The SMILES string of the molecule is C[Si](C)(C)C(CCN1CCCCC1)c1cccs1. The lowest BCUT2D eigenvalue weighted by molar-refractivity contribution is 0.225. The van der Waals surface area contributed by atoms with E-state index in [1.54, 1.807) is 4.88 Å². The number of thiophene rings is 1. The summed E-state index contributed by atoms with van der Waals surface area (Å²) < 4.78 is 0. The molecule has 0 amide bonds. The van der Waals surface area contributed by atoms with Crippen LogP contribution in [0.5, 0.6) is 0 Å². The van der Waals surface area contributed by atoms with Crippen LogP contribution in [0.15, 0.2) is 17.5 Å². The zero-order valence-corrected chi connectivity index (χ0v) is 13.9. The van der Waals surface area contributed by atoms with E-state index in [0.717, 1.165) is 5.54 Å². The number of rotatable bonds is 5. The van der Waals surface area contributed by atoms with E-state index in [1.165, 1.54) is 45.3 Å². The summed E-state index contributed by atoms with van der Waals surface area (Å²) in [5, 5.41) is 2.24. The fourth-order valence-corrected chi connectivity index (χ4v) is 6.95. The first kappa shape index (κ1) is 14.3. The van der Waals surface area contributed by atoms with Crippen molar-refractivity contribution in [1.82, 2.24) is 4.90 Å². The summed E-state index contributed by atoms with van der Waals surface area (Å²) >= 11 is 1.96. The van der Waals surface area contributed by atoms with Crippen molar-refractivity contribution < 1.29 is 0 Å². The molecule has 1 fully saturated rings. The van der Waals surface area contributed by atoms with E-state index in [2.05, 4.69) is 42.1 Å². The van der Waals surface area contributed by atoms with Crippen molar-refractivity contribution in [2.24, 2.45) is 0 Å². The van der Waals surface area contributed by atoms with Crippen LogP contribution < -0.4 is 0 Å². The molecule has 0 spiro atoms. The van der Waals surface area contributed by atoms with Gasteiger partial charge in [0.25, 0.3) is 0 Å². The van der Waals surface area contributed by atoms with Crippen molar-refractivity contribution >= 4 is 19.4 Å². The van der Waals surface area contributed by atoms with Gasteiger partial charge in [-0.05, 0) is 55.9 Å². The number of nitrogens with zero attached hydrogens (tertiary/aromatic N) is 1. The molecule has 1 aromatic heterocycles. The molecule has 18 heavy (non-hydrogen) atoms. The normalized spacial score (nSPS) is 19.9. The molecule has 1 atom stereocenters. The largest absolute Gasteiger partial charge is 0.303 e. The quantitative estimate of drug-likeness (QED) is 0.714. The van der Waals surface area contributed by atoms with Crippen molar-refractivity contribution in [2.45, 2.75) is 50.9 Å². The summed E-state index contributed by atoms with van der Waals surface area (Å²) in [6, 6.07) is 4.57. The Morgan fingerprint density at radius 2 is 1.94 bits per heavy atom. The lowest BCUT2D eigenvalue weighted by Gasteiger charge is -2.32. The molecular weight excluding hydrogens is 254 g/mol. The van der Waals surface area contributed by atoms with Gasteiger partial charge in [0.2, 0.25) is 0 Å². The minimum absolute atomic E-state index is 0.847. The van der Waals surface area contributed by atoms with Gasteiger partial charge in [0.15, 0.2) is 0 Å². The molecule has 2 rings (SSSR count). The Bertz CT molecular complexity index is 336. The van der Waals surface area contributed by atoms with E-state index in [9.17, 15) is 0 Å². The average Bonchev–Trinajstić information content (AvgIpc) is 2.82. The van der Waals surface area contributed by atoms with Crippen LogP contribution in [0.4, 0.5) is 0 Å². The van der Waals surface area contributed by atoms with Gasteiger partial charge in [0.1, 0.15) is 0 Å². The monoisotopic (exact) mass is 281 g/mol. The van der Waals surface area contributed by atoms with E-state index < -0.39 is 8.07 Å². The summed E-state index contributed by atoms with van der Waals surface area (Å²) in [4.78, 5) is 4.32. The van der Waals surface area contributed by atoms with Crippen molar-refractivity contribution in [3.05, 3.63) is 22.4 Å². The summed E-state index contributed by atoms with van der Waals surface area (Å²) in [6.07, 6.45) is 5.64. The predicted octanol–water partition coefficient (Wildman–Crippen LogP) is 4.59. The molecule has 102 valence electrons. The Morgan fingerprint density at radius 3 is 2.50 bits per heavy atom. The second-order valence-electron chi connectivity index (χ2n) is 6.63. The van der Waals surface area contributed by atoms with Gasteiger partial charge in [0, 0.05) is 4.88 Å². The second kappa shape index (κ2) is 6.35. The molecule has 0 saturated carbocycles. The minimum Gasteiger partial charge on any atom is -0.303 e. The third kappa shape index (κ3) is 3.94. The van der Waals surface area contributed by atoms with E-state index in [1.807, 2.05) is 11.3 Å². The van der Waals surface area contributed by atoms with Gasteiger partial charge in [-0.3, -0.25) is 0 Å². The molecular formula is C15H27NSSi. The highest BCUT2D eigenvalue weighted by molar-refractivity contribution is 7.10. The van der Waals surface area contributed by atoms with Crippen molar-refractivity contribution in [3.63, 3.8) is 0 Å². The molecule has 2 heterocycles. The first-order valence-electron chi connectivity index (χ1n) is 7.33. The summed E-state index contributed by atoms with van der Waals surface area (Å²) in [7, 11) is -1.09. The summed E-state index contributed by atoms with van der Waals surface area (Å²) in [5.41, 5.74) is 0.847. The van der Waals surface area contributed by atoms with Gasteiger partial charge in [-0.2, -0.15) is 0 Å². The van der Waals surface area contributed by atoms with Crippen LogP contribution >= 0.6 is 11.3 Å². The maximum absolute atomic E-state index is 2.68. The highest BCUT2D eigenvalue weighted by atomic mass is 32.1. The van der Waals surface area contributed by atoms with Gasteiger partial charge >= 0.3 is 0 Å². The predicted molar refractivity (Wildman–Crippen MR) is 85.3 cm³/mol. The molecule has 0 N–H and O–H groups in total. The van der Waals surface area contributed by atoms with Gasteiger partial charge in [0.05, 0.1) is 8.07 Å². The van der Waals surface area contributed by atoms with Crippen molar-refractivity contribution in [3.8, 4) is 0 Å². The molecule has 1 aliphatic rings. The van der Waals surface area contributed by atoms with E-state index in [4.69, 9.17) is 0 Å². The van der Waals surface area contributed by atoms with Crippen molar-refractivity contribution in [1.29, 1.82) is 0 Å². The van der Waals surface area contributed by atoms with Gasteiger partial charge in [-0.25, -0.2) is 0 Å². The molecule has 3 heteroatoms. The molecule has 1 saturated heterocycles. The maximum atomic E-state index is 2.68. The smallest absolute Gasteiger partial charge is 0.0532 e. The molecule has 1 unspecified atom stereocenters. The Morgan fingerprint density at radius 1 is 1.22 bits per heavy atom. The number of likely N-dealkylation sites (tertiary alicyclic amines) is 1. The van der Waals surface area contributed by atoms with Crippen LogP contribution in [0.25, 0.3) is 0 Å². The molecule has 1 nitrogen and oxygen atoms in total. The van der Waals surface area contributed by atoms with Crippen LogP contribution in [-0.2, 0) is 0 Å². The molecule has 1 aromatic rings. The zero-order valence-electron chi connectivity index (χ0n) is 12.1. The number of hydrogen-bond acceptors (Lipinski definition) is 2. The molecule has 0 aromatic carbocycles. The number of piperidine rings is 1. The van der Waals surface area contributed by atoms with Gasteiger partial charge in [-0.15, -0.1) is 11.3 Å². The first-order valence-corrected chi connectivity index (χ1v) is 11.8. The standard InChI is InChI=1S/C15H27NSSi/c1-18(2,3)15(14-8-7-13-17-14)9-12-16-10-5-4-6-11-16/h7-8,13,15H,4-6,9-12H2,1-3H3.